The van der Waals surface area contributed by atoms with Gasteiger partial charge in [-0.3, -0.25) is 0 Å². The van der Waals surface area contributed by atoms with Crippen LogP contribution in [0.3, 0.4) is 0 Å². The van der Waals surface area contributed by atoms with E-state index in [0.717, 1.165) is 5.75 Å². The molecule has 1 unspecified atom stereocenters. The number of anilines is 1. The number of sulfone groups is 1. The molecule has 2 rings (SSSR count). The third-order valence-electron chi connectivity index (χ3n) is 3.19. The van der Waals surface area contributed by atoms with Crippen LogP contribution in [0.2, 0.25) is 0 Å². The molecular formula is C12H16N2O4S2. The fourth-order valence-electron chi connectivity index (χ4n) is 2.04. The van der Waals surface area contributed by atoms with E-state index in [1.807, 2.05) is 0 Å². The number of carbonyl (C=O) groups is 1. The van der Waals surface area contributed by atoms with Gasteiger partial charge in [0.15, 0.2) is 9.84 Å². The van der Waals surface area contributed by atoms with E-state index in [0.29, 0.717) is 18.1 Å². The lowest BCUT2D eigenvalue weighted by molar-refractivity contribution is 0.0696. The second-order valence-corrected chi connectivity index (χ2v) is 7.98. The van der Waals surface area contributed by atoms with E-state index in [9.17, 15) is 13.2 Å². The molecule has 110 valence electrons. The number of thioether (sulfide) groups is 1. The lowest BCUT2D eigenvalue weighted by Crippen LogP contribution is -2.48. The topological polar surface area (TPSA) is 87.6 Å². The summed E-state index contributed by atoms with van der Waals surface area (Å²) in [6, 6.07) is 2.82. The molecule has 1 fully saturated rings. The first kappa shape index (κ1) is 15.1. The molecule has 1 aromatic rings. The Balaban J connectivity index is 2.38. The van der Waals surface area contributed by atoms with Crippen LogP contribution < -0.4 is 4.90 Å². The molecule has 1 saturated heterocycles. The molecule has 0 aromatic carbocycles. The normalized spacial score (nSPS) is 19.9. The van der Waals surface area contributed by atoms with Gasteiger partial charge in [0.25, 0.3) is 0 Å². The molecule has 0 amide bonds. The Labute approximate surface area is 122 Å². The summed E-state index contributed by atoms with van der Waals surface area (Å²) in [5.74, 6) is 0.708. The zero-order chi connectivity index (χ0) is 14.8. The monoisotopic (exact) mass is 316 g/mol. The van der Waals surface area contributed by atoms with Crippen molar-refractivity contribution >= 4 is 33.4 Å². The van der Waals surface area contributed by atoms with Crippen LogP contribution in [-0.4, -0.2) is 53.7 Å². The standard InChI is InChI=1S/C12H16N2O4S2/c1-2-20(17,18)11-8-19-6-5-14(11)10-7-9(12(15)16)3-4-13-10/h3-4,7,11H,2,5-6,8H2,1H3,(H,15,16). The van der Waals surface area contributed by atoms with Gasteiger partial charge in [-0.25, -0.2) is 18.2 Å². The van der Waals surface area contributed by atoms with Gasteiger partial charge in [-0.15, -0.1) is 0 Å². The highest BCUT2D eigenvalue weighted by molar-refractivity contribution is 8.01. The SMILES string of the molecule is CCS(=O)(=O)C1CSCCN1c1cc(C(=O)O)ccn1. The van der Waals surface area contributed by atoms with Crippen LogP contribution in [0, 0.1) is 0 Å². The molecule has 1 aromatic heterocycles. The first-order chi connectivity index (χ1) is 9.45. The Morgan fingerprint density at radius 3 is 3.00 bits per heavy atom. The van der Waals surface area contributed by atoms with Gasteiger partial charge in [-0.1, -0.05) is 6.92 Å². The Bertz CT molecular complexity index is 603. The quantitative estimate of drug-likeness (QED) is 0.889. The van der Waals surface area contributed by atoms with E-state index >= 15 is 0 Å². The van der Waals surface area contributed by atoms with Crippen LogP contribution in [0.25, 0.3) is 0 Å². The van der Waals surface area contributed by atoms with Crippen molar-refractivity contribution in [2.75, 3.05) is 28.7 Å². The summed E-state index contributed by atoms with van der Waals surface area (Å²) in [4.78, 5) is 16.8. The summed E-state index contributed by atoms with van der Waals surface area (Å²) in [5.41, 5.74) is 0.112. The number of rotatable bonds is 4. The number of carboxylic acid groups (broad SMARTS) is 1. The molecular weight excluding hydrogens is 300 g/mol. The third kappa shape index (κ3) is 3.06. The number of pyridine rings is 1. The van der Waals surface area contributed by atoms with Crippen molar-refractivity contribution in [3.63, 3.8) is 0 Å². The number of aromatic nitrogens is 1. The highest BCUT2D eigenvalue weighted by Gasteiger charge is 2.33. The maximum Gasteiger partial charge on any atom is 0.335 e. The molecule has 0 spiro atoms. The maximum absolute atomic E-state index is 12.2. The first-order valence-electron chi connectivity index (χ1n) is 6.21. The molecule has 1 N–H and O–H groups in total. The third-order valence-corrected chi connectivity index (χ3v) is 6.48. The van der Waals surface area contributed by atoms with Crippen LogP contribution >= 0.6 is 11.8 Å². The van der Waals surface area contributed by atoms with Gasteiger partial charge >= 0.3 is 5.97 Å². The summed E-state index contributed by atoms with van der Waals surface area (Å²) >= 11 is 1.59. The molecule has 1 aliphatic rings. The minimum atomic E-state index is -3.23. The number of carboxylic acids is 1. The average molecular weight is 316 g/mol. The highest BCUT2D eigenvalue weighted by Crippen LogP contribution is 2.26. The minimum absolute atomic E-state index is 0.0628. The van der Waals surface area contributed by atoms with E-state index in [4.69, 9.17) is 5.11 Å². The van der Waals surface area contributed by atoms with Gasteiger partial charge in [0.1, 0.15) is 11.2 Å². The molecule has 1 atom stereocenters. The van der Waals surface area contributed by atoms with E-state index in [2.05, 4.69) is 4.98 Å². The summed E-state index contributed by atoms with van der Waals surface area (Å²) in [6.07, 6.45) is 1.40. The van der Waals surface area contributed by atoms with E-state index in [-0.39, 0.29) is 11.3 Å². The van der Waals surface area contributed by atoms with E-state index in [1.165, 1.54) is 18.3 Å². The molecule has 8 heteroatoms. The smallest absolute Gasteiger partial charge is 0.335 e. The minimum Gasteiger partial charge on any atom is -0.478 e. The molecule has 20 heavy (non-hydrogen) atoms. The molecule has 1 aliphatic heterocycles. The first-order valence-corrected chi connectivity index (χ1v) is 9.08. The van der Waals surface area contributed by atoms with E-state index < -0.39 is 21.2 Å². The van der Waals surface area contributed by atoms with Gasteiger partial charge in [-0.2, -0.15) is 11.8 Å². The van der Waals surface area contributed by atoms with Crippen molar-refractivity contribution in [1.82, 2.24) is 4.98 Å². The fourth-order valence-corrected chi connectivity index (χ4v) is 5.02. The van der Waals surface area contributed by atoms with Crippen molar-refractivity contribution in [2.24, 2.45) is 0 Å². The largest absolute Gasteiger partial charge is 0.478 e. The Morgan fingerprint density at radius 1 is 1.60 bits per heavy atom. The lowest BCUT2D eigenvalue weighted by atomic mass is 10.2. The zero-order valence-electron chi connectivity index (χ0n) is 11.0. The average Bonchev–Trinajstić information content (AvgIpc) is 2.47. The molecule has 0 radical (unpaired) electrons. The number of nitrogens with zero attached hydrogens (tertiary/aromatic N) is 2. The summed E-state index contributed by atoms with van der Waals surface area (Å²) in [5, 5.41) is 8.37. The molecule has 0 aliphatic carbocycles. The van der Waals surface area contributed by atoms with Gasteiger partial charge in [0.05, 0.1) is 5.56 Å². The fraction of sp³-hybridized carbons (Fsp3) is 0.500. The van der Waals surface area contributed by atoms with Crippen LogP contribution in [0.15, 0.2) is 18.3 Å². The van der Waals surface area contributed by atoms with Crippen LogP contribution in [0.4, 0.5) is 5.82 Å². The second-order valence-electron chi connectivity index (χ2n) is 4.38. The van der Waals surface area contributed by atoms with Gasteiger partial charge in [0, 0.05) is 30.0 Å². The molecule has 6 nitrogen and oxygen atoms in total. The van der Waals surface area contributed by atoms with Crippen molar-refractivity contribution in [1.29, 1.82) is 0 Å². The second kappa shape index (κ2) is 6.01. The van der Waals surface area contributed by atoms with Gasteiger partial charge in [-0.05, 0) is 12.1 Å². The predicted molar refractivity (Wildman–Crippen MR) is 79.1 cm³/mol. The van der Waals surface area contributed by atoms with Crippen molar-refractivity contribution in [3.05, 3.63) is 23.9 Å². The van der Waals surface area contributed by atoms with Crippen LogP contribution in [0.5, 0.6) is 0 Å². The Morgan fingerprint density at radius 2 is 2.35 bits per heavy atom. The zero-order valence-corrected chi connectivity index (χ0v) is 12.7. The highest BCUT2D eigenvalue weighted by atomic mass is 32.2. The predicted octanol–water partition coefficient (Wildman–Crippen LogP) is 1.09. The van der Waals surface area contributed by atoms with Gasteiger partial charge < -0.3 is 10.0 Å². The van der Waals surface area contributed by atoms with E-state index in [1.54, 1.807) is 23.6 Å². The maximum atomic E-state index is 12.2. The molecule has 0 saturated carbocycles. The summed E-state index contributed by atoms with van der Waals surface area (Å²) in [6.45, 7) is 2.17. The summed E-state index contributed by atoms with van der Waals surface area (Å²) < 4.78 is 24.3. The van der Waals surface area contributed by atoms with Crippen molar-refractivity contribution in [2.45, 2.75) is 12.3 Å². The molecule has 0 bridgehead atoms. The van der Waals surface area contributed by atoms with Crippen LogP contribution in [0.1, 0.15) is 17.3 Å². The molecule has 2 heterocycles. The van der Waals surface area contributed by atoms with Crippen LogP contribution in [-0.2, 0) is 9.84 Å². The number of hydrogen-bond acceptors (Lipinski definition) is 6. The lowest BCUT2D eigenvalue weighted by Gasteiger charge is -2.35. The Kier molecular flexibility index (Phi) is 4.54. The van der Waals surface area contributed by atoms with Crippen molar-refractivity contribution in [3.8, 4) is 0 Å². The summed E-state index contributed by atoms with van der Waals surface area (Å²) in [7, 11) is -3.23. The van der Waals surface area contributed by atoms with Crippen molar-refractivity contribution < 1.29 is 18.3 Å². The number of hydrogen-bond donors (Lipinski definition) is 1. The number of aromatic carboxylic acids is 1. The van der Waals surface area contributed by atoms with Gasteiger partial charge in [0.2, 0.25) is 0 Å². The Hall–Kier alpha value is -1.28.